The molecule has 236 valence electrons. The van der Waals surface area contributed by atoms with Gasteiger partial charge in [-0.3, -0.25) is 4.98 Å². The van der Waals surface area contributed by atoms with Gasteiger partial charge in [0.25, 0.3) is 0 Å². The number of rotatable bonds is 7. The molecule has 2 aliphatic rings. The van der Waals surface area contributed by atoms with Crippen molar-refractivity contribution in [1.29, 1.82) is 0 Å². The molecule has 3 aromatic rings. The molecule has 1 aliphatic heterocycles. The van der Waals surface area contributed by atoms with Crippen LogP contribution in [0, 0.1) is 17.5 Å². The number of thiol groups is 1. The first-order chi connectivity index (χ1) is 20.3. The fourth-order valence-corrected chi connectivity index (χ4v) is 10.1. The molecule has 1 saturated carbocycles. The molecule has 8 nitrogen and oxygen atoms in total. The molecule has 1 unspecified atom stereocenters. The highest BCUT2D eigenvalue weighted by atomic mass is 32.2. The van der Waals surface area contributed by atoms with Crippen LogP contribution in [0.25, 0.3) is 11.3 Å². The normalized spacial score (nSPS) is 28.6. The summed E-state index contributed by atoms with van der Waals surface area (Å²) in [6, 6.07) is 3.93. The Hall–Kier alpha value is -2.65. The summed E-state index contributed by atoms with van der Waals surface area (Å²) in [6.45, 7) is 3.34. The van der Waals surface area contributed by atoms with E-state index in [4.69, 9.17) is 0 Å². The largest absolute Gasteiger partial charge is 0.395 e. The van der Waals surface area contributed by atoms with E-state index in [2.05, 4.69) is 15.3 Å². The Bertz CT molecular complexity index is 1430. The summed E-state index contributed by atoms with van der Waals surface area (Å²) in [5.41, 5.74) is -0.492. The highest BCUT2D eigenvalue weighted by molar-refractivity contribution is 8.18. The molecule has 0 amide bonds. The minimum absolute atomic E-state index is 0.00519. The highest BCUT2D eigenvalue weighted by Gasteiger charge is 2.54. The van der Waals surface area contributed by atoms with Crippen LogP contribution < -0.4 is 0 Å². The van der Waals surface area contributed by atoms with E-state index < -0.39 is 88.1 Å². The zero-order chi connectivity index (χ0) is 31.3. The first-order valence-corrected chi connectivity index (χ1v) is 15.8. The summed E-state index contributed by atoms with van der Waals surface area (Å²) in [4.78, 5) is 4.59. The summed E-state index contributed by atoms with van der Waals surface area (Å²) in [6.07, 6.45) is -1.43. The Morgan fingerprint density at radius 2 is 1.72 bits per heavy atom. The minimum atomic E-state index is -2.93. The number of nitrogens with zero attached hydrogens (tertiary/aromatic N) is 4. The molecule has 0 radical (unpaired) electrons. The Balaban J connectivity index is 1.52. The van der Waals surface area contributed by atoms with Gasteiger partial charge in [0.1, 0.15) is 11.7 Å². The van der Waals surface area contributed by atoms with Crippen molar-refractivity contribution in [3.05, 3.63) is 65.4 Å². The summed E-state index contributed by atoms with van der Waals surface area (Å²) in [7, 11) is -1.67. The second kappa shape index (κ2) is 12.0. The third-order valence-electron chi connectivity index (χ3n) is 8.68. The Labute approximate surface area is 247 Å². The number of hydrogen-bond donors (Lipinski definition) is 5. The summed E-state index contributed by atoms with van der Waals surface area (Å²) in [5.74, 6) is -7.46. The number of aromatic nitrogens is 4. The molecule has 2 fully saturated rings. The highest BCUT2D eigenvalue weighted by Crippen LogP contribution is 2.61. The molecule has 2 aromatic heterocycles. The monoisotopic (exact) mass is 630 g/mol. The van der Waals surface area contributed by atoms with E-state index in [9.17, 15) is 42.4 Å². The zero-order valence-corrected chi connectivity index (χ0v) is 24.5. The van der Waals surface area contributed by atoms with Crippen molar-refractivity contribution in [3.8, 4) is 11.3 Å². The molecule has 3 heterocycles. The third-order valence-corrected chi connectivity index (χ3v) is 12.2. The van der Waals surface area contributed by atoms with E-state index in [1.54, 1.807) is 12.3 Å². The molecular weight excluding hydrogens is 595 g/mol. The maximum absolute atomic E-state index is 14.2. The van der Waals surface area contributed by atoms with E-state index >= 15 is 0 Å². The lowest BCUT2D eigenvalue weighted by Gasteiger charge is -2.53. The molecule has 43 heavy (non-hydrogen) atoms. The van der Waals surface area contributed by atoms with Gasteiger partial charge in [-0.1, -0.05) is 25.1 Å². The van der Waals surface area contributed by atoms with Crippen molar-refractivity contribution in [3.63, 3.8) is 0 Å². The van der Waals surface area contributed by atoms with Crippen LogP contribution in [0.2, 0.25) is 0 Å². The maximum Gasteiger partial charge on any atom is 0.248 e. The molecular formula is C29H35F5N4O4S. The number of aliphatic hydroxyl groups is 4. The van der Waals surface area contributed by atoms with Gasteiger partial charge in [-0.25, -0.2) is 37.5 Å². The molecule has 1 aliphatic carbocycles. The first-order valence-electron chi connectivity index (χ1n) is 14.1. The smallest absolute Gasteiger partial charge is 0.248 e. The van der Waals surface area contributed by atoms with Crippen molar-refractivity contribution in [1.82, 2.24) is 20.0 Å². The molecule has 1 saturated heterocycles. The summed E-state index contributed by atoms with van der Waals surface area (Å²) < 4.78 is 70.7. The van der Waals surface area contributed by atoms with Crippen LogP contribution in [-0.2, 0) is 0 Å². The number of alkyl halides is 2. The van der Waals surface area contributed by atoms with E-state index in [0.29, 0.717) is 5.69 Å². The van der Waals surface area contributed by atoms with Crippen LogP contribution in [0.5, 0.6) is 0 Å². The van der Waals surface area contributed by atoms with Crippen LogP contribution in [0.3, 0.4) is 0 Å². The van der Waals surface area contributed by atoms with Gasteiger partial charge in [-0.15, -0.1) is 5.10 Å². The maximum atomic E-state index is 14.2. The van der Waals surface area contributed by atoms with Crippen molar-refractivity contribution in [2.24, 2.45) is 0 Å². The molecule has 0 spiro atoms. The number of aliphatic hydroxyl groups excluding tert-OH is 3. The first kappa shape index (κ1) is 31.8. The lowest BCUT2D eigenvalue weighted by atomic mass is 9.78. The average Bonchev–Trinajstić information content (AvgIpc) is 3.43. The zero-order valence-electron chi connectivity index (χ0n) is 23.6. The molecule has 5 rings (SSSR count). The fourth-order valence-electron chi connectivity index (χ4n) is 6.40. The molecule has 14 heteroatoms. The van der Waals surface area contributed by atoms with Crippen LogP contribution in [0.1, 0.15) is 68.0 Å². The predicted molar refractivity (Wildman–Crippen MR) is 151 cm³/mol. The lowest BCUT2D eigenvalue weighted by Crippen LogP contribution is -2.53. The Morgan fingerprint density at radius 1 is 1.07 bits per heavy atom. The van der Waals surface area contributed by atoms with Gasteiger partial charge in [-0.05, 0) is 42.5 Å². The molecule has 4 N–H and O–H groups in total. The number of hydrogen-bond acceptors (Lipinski definition) is 7. The topological polar surface area (TPSA) is 125 Å². The lowest BCUT2D eigenvalue weighted by molar-refractivity contribution is -0.105. The summed E-state index contributed by atoms with van der Waals surface area (Å²) in [5, 5.41) is 51.7. The molecule has 6 atom stereocenters. The van der Waals surface area contributed by atoms with Crippen molar-refractivity contribution >= 4 is 10.9 Å². The van der Waals surface area contributed by atoms with Crippen molar-refractivity contribution in [2.75, 3.05) is 12.4 Å². The second-order valence-electron chi connectivity index (χ2n) is 11.8. The Morgan fingerprint density at radius 3 is 2.33 bits per heavy atom. The standard InChI is InChI=1S/C29H35F5N4O4S/c1-15(2)17-4-3-9-35-24(17)27(28(42)5-7-29(33,34)8-6-28)43-14-21(40)25(26(41)22(43)13-39)38-12-20(36-37-38)16-10-18(30)23(32)19(31)11-16/h3-4,9-12,15,21-22,25-27,39-43H,5-8,13-14H2,1-2H3/t21-,22+,25-,26-,27-/m0/s1. The number of benzene rings is 1. The van der Waals surface area contributed by atoms with Gasteiger partial charge in [-0.2, -0.15) is 0 Å². The van der Waals surface area contributed by atoms with Crippen LogP contribution in [-0.4, -0.2) is 81.7 Å². The van der Waals surface area contributed by atoms with Crippen LogP contribution in [0.15, 0.2) is 36.7 Å². The second-order valence-corrected chi connectivity index (χ2v) is 14.4. The molecule has 1 aromatic carbocycles. The minimum Gasteiger partial charge on any atom is -0.395 e. The van der Waals surface area contributed by atoms with Crippen LogP contribution in [0.4, 0.5) is 22.0 Å². The fraction of sp³-hybridized carbons (Fsp3) is 0.552. The van der Waals surface area contributed by atoms with E-state index in [-0.39, 0.29) is 35.8 Å². The van der Waals surface area contributed by atoms with Crippen molar-refractivity contribution < 1.29 is 42.4 Å². The Kier molecular flexibility index (Phi) is 8.89. The predicted octanol–water partition coefficient (Wildman–Crippen LogP) is 4.20. The van der Waals surface area contributed by atoms with Gasteiger partial charge in [0.2, 0.25) is 5.92 Å². The average molecular weight is 631 g/mol. The van der Waals surface area contributed by atoms with Gasteiger partial charge in [0.05, 0.1) is 41.6 Å². The van der Waals surface area contributed by atoms with Gasteiger partial charge < -0.3 is 20.4 Å². The van der Waals surface area contributed by atoms with Crippen LogP contribution >= 0.6 is 10.9 Å². The van der Waals surface area contributed by atoms with E-state index in [1.165, 1.54) is 6.20 Å². The third kappa shape index (κ3) is 6.04. The molecule has 0 bridgehead atoms. The van der Waals surface area contributed by atoms with E-state index in [1.807, 2.05) is 19.9 Å². The van der Waals surface area contributed by atoms with Crippen molar-refractivity contribution in [2.45, 2.75) is 85.7 Å². The summed E-state index contributed by atoms with van der Waals surface area (Å²) >= 11 is 0. The van der Waals surface area contributed by atoms with Gasteiger partial charge >= 0.3 is 0 Å². The van der Waals surface area contributed by atoms with Gasteiger partial charge in [0, 0.05) is 35.6 Å². The number of halogens is 5. The van der Waals surface area contributed by atoms with E-state index in [0.717, 1.165) is 22.4 Å². The quantitative estimate of drug-likeness (QED) is 0.151. The SMILES string of the molecule is CC(C)c1cccnc1[C@H]([SH]1C[C@H](O)[C@H](n2cc(-c3cc(F)c(F)c(F)c3)nn2)[C@@H](O)[C@H]1CO)C1(O)CCC(F)(F)CC1. The van der Waals surface area contributed by atoms with Gasteiger partial charge in [0.15, 0.2) is 17.5 Å². The number of pyridine rings is 1.